The van der Waals surface area contributed by atoms with Crippen molar-refractivity contribution in [2.45, 2.75) is 51.5 Å². The number of carbonyl (C=O) groups is 6. The summed E-state index contributed by atoms with van der Waals surface area (Å²) in [6.45, 7) is 1.63. The molecule has 0 spiro atoms. The monoisotopic (exact) mass is 856 g/mol. The number of carboxylic acid groups (broad SMARTS) is 4. The number of aliphatic carboxylic acids is 4. The van der Waals surface area contributed by atoms with E-state index in [1.165, 1.54) is 0 Å². The van der Waals surface area contributed by atoms with Crippen LogP contribution in [0.5, 0.6) is 0 Å². The number of nitrogens with two attached hydrogens (primary N) is 3. The summed E-state index contributed by atoms with van der Waals surface area (Å²) in [5.74, 6) is -5.18. The average molecular weight is 858 g/mol. The van der Waals surface area contributed by atoms with Crippen LogP contribution in [0.2, 0.25) is 0 Å². The van der Waals surface area contributed by atoms with Crippen molar-refractivity contribution in [3.8, 4) is 0 Å². The van der Waals surface area contributed by atoms with E-state index in [9.17, 15) is 28.8 Å². The fraction of sp³-hybridized carbons (Fsp3) is 0.333. The van der Waals surface area contributed by atoms with Crippen LogP contribution in [-0.4, -0.2) is 62.2 Å². The fourth-order valence-corrected chi connectivity index (χ4v) is 3.12. The molecule has 0 saturated carbocycles. The number of anilines is 2. The van der Waals surface area contributed by atoms with Gasteiger partial charge in [0.1, 0.15) is 6.04 Å². The van der Waals surface area contributed by atoms with E-state index in [4.69, 9.17) is 45.0 Å². The van der Waals surface area contributed by atoms with Gasteiger partial charge in [-0.25, -0.2) is 0 Å². The van der Waals surface area contributed by atoms with Crippen molar-refractivity contribution >= 4 is 65.9 Å². The maximum atomic E-state index is 11.4. The summed E-state index contributed by atoms with van der Waals surface area (Å²) in [7, 11) is 9.75. The van der Waals surface area contributed by atoms with E-state index >= 15 is 0 Å². The Hall–Kier alpha value is -3.59. The van der Waals surface area contributed by atoms with Crippen molar-refractivity contribution in [3.63, 3.8) is 0 Å². The van der Waals surface area contributed by atoms with Crippen LogP contribution in [0.1, 0.15) is 43.7 Å². The van der Waals surface area contributed by atoms with Crippen LogP contribution in [0.25, 0.3) is 12.3 Å². The number of nitrogens with one attached hydrogen (secondary N) is 2. The Morgan fingerprint density at radius 3 is 1.29 bits per heavy atom. The zero-order valence-corrected chi connectivity index (χ0v) is 27.8. The number of hydrogen-bond donors (Lipinski definition) is 7. The predicted octanol–water partition coefficient (Wildman–Crippen LogP) is 5.01. The first-order valence-electron chi connectivity index (χ1n) is 12.4. The number of halogens is 2. The molecule has 2 amide bonds. The van der Waals surface area contributed by atoms with Gasteiger partial charge in [0.15, 0.2) is 0 Å². The van der Waals surface area contributed by atoms with Gasteiger partial charge in [-0.1, -0.05) is 31.2 Å². The Morgan fingerprint density at radius 1 is 0.667 bits per heavy atom. The largest absolute Gasteiger partial charge is 0.693 e. The molecule has 0 aliphatic heterocycles. The second-order valence-electron chi connectivity index (χ2n) is 8.92. The Morgan fingerprint density at radius 2 is 1.00 bits per heavy atom. The third-order valence-corrected chi connectivity index (χ3v) is 5.34. The van der Waals surface area contributed by atoms with Gasteiger partial charge in [-0.2, -0.15) is 0 Å². The van der Waals surface area contributed by atoms with Gasteiger partial charge in [-0.3, -0.25) is 28.8 Å². The first kappa shape index (κ1) is 45.8. The molecule has 0 radical (unpaired) electrons. The first-order chi connectivity index (χ1) is 20.2. The summed E-state index contributed by atoms with van der Waals surface area (Å²) in [5.41, 5.74) is 8.10. The minimum absolute atomic E-state index is 0. The summed E-state index contributed by atoms with van der Waals surface area (Å²) in [6, 6.07) is 12.4. The predicted molar refractivity (Wildman–Crippen MR) is 166 cm³/mol. The van der Waals surface area contributed by atoms with Gasteiger partial charge in [0, 0.05) is 24.2 Å². The number of carbonyl (C=O) groups excluding carboxylic acids is 2. The molecular formula is C27H37Cl2N5O10Pt. The summed E-state index contributed by atoms with van der Waals surface area (Å²) in [6.07, 6.45) is 0.0106. The van der Waals surface area contributed by atoms with Crippen LogP contribution < -0.4 is 16.4 Å². The SMILES string of the molecule is C[C@H](Cc1ccc(NC(=O)CCC(=O)O)cc1)C(=O)O.N[C@H](Cc1ccc(NC(=O)CCC(=O)O)cc1)C(=O)O.[Cl][Pt+2][Cl].[NH2-].[NH2-]. The summed E-state index contributed by atoms with van der Waals surface area (Å²) < 4.78 is 0. The van der Waals surface area contributed by atoms with Crippen LogP contribution in [0.4, 0.5) is 11.4 Å². The molecule has 0 heterocycles. The molecule has 0 aromatic heterocycles. The van der Waals surface area contributed by atoms with Crippen LogP contribution >= 0.6 is 18.8 Å². The second kappa shape index (κ2) is 25.7. The molecule has 15 nitrogen and oxygen atoms in total. The number of carboxylic acids is 4. The van der Waals surface area contributed by atoms with Crippen molar-refractivity contribution < 1.29 is 65.7 Å². The van der Waals surface area contributed by atoms with Gasteiger partial charge < -0.3 is 49.1 Å². The van der Waals surface area contributed by atoms with Gasteiger partial charge in [-0.15, -0.1) is 0 Å². The quantitative estimate of drug-likeness (QED) is 0.132. The van der Waals surface area contributed by atoms with Gasteiger partial charge in [0.2, 0.25) is 11.8 Å². The Bertz CT molecular complexity index is 1130. The molecule has 0 aliphatic carbocycles. The number of amides is 2. The van der Waals surface area contributed by atoms with E-state index in [1.54, 1.807) is 55.5 Å². The number of hydrogen-bond acceptors (Lipinski definition) is 7. The molecule has 0 bridgehead atoms. The van der Waals surface area contributed by atoms with Crippen molar-refractivity contribution in [2.24, 2.45) is 11.7 Å². The smallest absolute Gasteiger partial charge is 0.693 e. The fourth-order valence-electron chi connectivity index (χ4n) is 3.12. The molecule has 2 atom stereocenters. The summed E-state index contributed by atoms with van der Waals surface area (Å²) >= 11 is -0.472. The zero-order chi connectivity index (χ0) is 32.9. The van der Waals surface area contributed by atoms with E-state index < -0.39 is 52.3 Å². The number of rotatable bonds is 14. The third-order valence-electron chi connectivity index (χ3n) is 5.34. The van der Waals surface area contributed by atoms with Crippen molar-refractivity contribution in [1.82, 2.24) is 0 Å². The summed E-state index contributed by atoms with van der Waals surface area (Å²) in [5, 5.41) is 39.6. The standard InChI is InChI=1S/C14H17NO5.C13H16N2O5.2ClH.2H2N.Pt/c1-9(14(19)20)8-10-2-4-11(5-3-10)15-12(16)6-7-13(17)18;14-10(13(19)20)7-8-1-3-9(4-2-8)15-11(16)5-6-12(17)18;;;;;/h2-5,9H,6-8H2,1H3,(H,15,16)(H,17,18)(H,19,20);1-4,10H,5-7,14H2,(H,15,16)(H,17,18)(H,19,20);2*1H;2*1H2;/q;;;;2*-1;+4/p-2/t9-;10-;;;;;/m11...../s1. The molecule has 0 saturated heterocycles. The zero-order valence-electron chi connectivity index (χ0n) is 24.1. The van der Waals surface area contributed by atoms with Gasteiger partial charge in [-0.05, 0) is 48.2 Å². The van der Waals surface area contributed by atoms with Crippen LogP contribution in [0.3, 0.4) is 0 Å². The van der Waals surface area contributed by atoms with Gasteiger partial charge in [0.05, 0.1) is 18.8 Å². The van der Waals surface area contributed by atoms with E-state index in [0.717, 1.165) is 11.1 Å². The van der Waals surface area contributed by atoms with Crippen molar-refractivity contribution in [1.29, 1.82) is 0 Å². The Labute approximate surface area is 276 Å². The molecule has 0 fully saturated rings. The molecular weight excluding hydrogens is 820 g/mol. The third kappa shape index (κ3) is 23.5. The van der Waals surface area contributed by atoms with Crippen LogP contribution in [0.15, 0.2) is 48.5 Å². The van der Waals surface area contributed by atoms with Crippen LogP contribution in [0, 0.1) is 5.92 Å². The van der Waals surface area contributed by atoms with Gasteiger partial charge >= 0.3 is 59.2 Å². The molecule has 12 N–H and O–H groups in total. The molecule has 254 valence electrons. The second-order valence-corrected chi connectivity index (χ2v) is 12.2. The topological polar surface area (TPSA) is 300 Å². The van der Waals surface area contributed by atoms with E-state index in [0.29, 0.717) is 17.8 Å². The first-order valence-corrected chi connectivity index (χ1v) is 18.1. The Balaban J connectivity index is -0.000000692. The molecule has 0 aliphatic rings. The average Bonchev–Trinajstić information content (AvgIpc) is 2.93. The Kier molecular flexibility index (Phi) is 26.2. The molecule has 18 heteroatoms. The van der Waals surface area contributed by atoms with Crippen molar-refractivity contribution in [2.75, 3.05) is 10.6 Å². The normalized spacial score (nSPS) is 10.8. The number of benzene rings is 2. The van der Waals surface area contributed by atoms with Crippen molar-refractivity contribution in [3.05, 3.63) is 72.0 Å². The minimum atomic E-state index is -1.07. The summed E-state index contributed by atoms with van der Waals surface area (Å²) in [4.78, 5) is 64.8. The van der Waals surface area contributed by atoms with Gasteiger partial charge in [0.25, 0.3) is 0 Å². The molecule has 2 aromatic carbocycles. The molecule has 2 rings (SSSR count). The minimum Gasteiger partial charge on any atom is -0.693 e. The van der Waals surface area contributed by atoms with E-state index in [1.807, 2.05) is 0 Å². The molecule has 0 unspecified atom stereocenters. The van der Waals surface area contributed by atoms with E-state index in [-0.39, 0.29) is 56.2 Å². The molecule has 2 aromatic rings. The van der Waals surface area contributed by atoms with E-state index in [2.05, 4.69) is 10.6 Å². The van der Waals surface area contributed by atoms with Crippen LogP contribution in [-0.2, 0) is 58.1 Å². The molecule has 45 heavy (non-hydrogen) atoms. The maximum absolute atomic E-state index is 11.4. The maximum Gasteiger partial charge on any atom is -0.693 e.